The zero-order valence-corrected chi connectivity index (χ0v) is 16.9. The number of halogens is 1. The Balaban J connectivity index is 1.61. The van der Waals surface area contributed by atoms with E-state index >= 15 is 0 Å². The van der Waals surface area contributed by atoms with Gasteiger partial charge in [0, 0.05) is 40.5 Å². The van der Waals surface area contributed by atoms with Crippen LogP contribution in [0.25, 0.3) is 11.3 Å². The first-order chi connectivity index (χ1) is 14.5. The number of hydrogen-bond donors (Lipinski definition) is 2. The summed E-state index contributed by atoms with van der Waals surface area (Å²) in [5.74, 6) is -0.156. The first-order valence-corrected chi connectivity index (χ1v) is 10.1. The highest BCUT2D eigenvalue weighted by Crippen LogP contribution is 2.43. The number of anilines is 1. The molecule has 3 N–H and O–H groups in total. The molecule has 7 nitrogen and oxygen atoms in total. The predicted octanol–water partition coefficient (Wildman–Crippen LogP) is 2.55. The van der Waals surface area contributed by atoms with Crippen molar-refractivity contribution in [1.82, 2.24) is 4.90 Å². The van der Waals surface area contributed by atoms with Crippen LogP contribution in [0.5, 0.6) is 0 Å². The van der Waals surface area contributed by atoms with Crippen molar-refractivity contribution in [1.29, 1.82) is 0 Å². The smallest absolute Gasteiger partial charge is 0.260 e. The maximum atomic E-state index is 12.7. The number of ether oxygens (including phenoxy) is 2. The molecule has 0 bridgehead atoms. The number of nitrogens with two attached hydrogens (primary N) is 1. The lowest BCUT2D eigenvalue weighted by molar-refractivity contribution is -0.125. The second-order valence-corrected chi connectivity index (χ2v) is 7.94. The Kier molecular flexibility index (Phi) is 4.73. The van der Waals surface area contributed by atoms with Crippen LogP contribution in [0.1, 0.15) is 28.3 Å². The van der Waals surface area contributed by atoms with E-state index in [9.17, 15) is 9.59 Å². The first kappa shape index (κ1) is 19.1. The second-order valence-electron chi connectivity index (χ2n) is 7.51. The van der Waals surface area contributed by atoms with E-state index in [1.807, 2.05) is 23.1 Å². The summed E-state index contributed by atoms with van der Waals surface area (Å²) >= 11 is 6.16. The van der Waals surface area contributed by atoms with E-state index < -0.39 is 11.9 Å². The number of carbonyl (C=O) groups excluding carboxylic acids is 2. The Morgan fingerprint density at radius 2 is 1.93 bits per heavy atom. The molecule has 154 valence electrons. The molecule has 2 aromatic carbocycles. The van der Waals surface area contributed by atoms with E-state index in [1.165, 1.54) is 0 Å². The number of fused-ring (bicyclic) bond motifs is 2. The van der Waals surface area contributed by atoms with Crippen LogP contribution in [-0.2, 0) is 25.7 Å². The fourth-order valence-corrected chi connectivity index (χ4v) is 4.46. The van der Waals surface area contributed by atoms with Crippen molar-refractivity contribution in [3.63, 3.8) is 0 Å². The maximum absolute atomic E-state index is 12.7. The molecule has 0 radical (unpaired) electrons. The van der Waals surface area contributed by atoms with Crippen LogP contribution >= 0.6 is 11.6 Å². The number of primary amides is 1. The van der Waals surface area contributed by atoms with Crippen molar-refractivity contribution >= 4 is 40.4 Å². The number of rotatable bonds is 3. The molecule has 5 rings (SSSR count). The largest absolute Gasteiger partial charge is 0.487 e. The second kappa shape index (κ2) is 7.43. The molecular weight excluding hydrogens is 406 g/mol. The quantitative estimate of drug-likeness (QED) is 0.737. The van der Waals surface area contributed by atoms with E-state index in [1.54, 1.807) is 18.2 Å². The minimum Gasteiger partial charge on any atom is -0.487 e. The molecule has 0 saturated carbocycles. The molecule has 30 heavy (non-hydrogen) atoms. The Labute approximate surface area is 178 Å². The summed E-state index contributed by atoms with van der Waals surface area (Å²) in [6.45, 7) is 2.74. The van der Waals surface area contributed by atoms with Crippen LogP contribution in [0.3, 0.4) is 0 Å². The van der Waals surface area contributed by atoms with Gasteiger partial charge in [-0.25, -0.2) is 0 Å². The number of nitrogens with one attached hydrogen (secondary N) is 1. The molecule has 1 atom stereocenters. The predicted molar refractivity (Wildman–Crippen MR) is 112 cm³/mol. The maximum Gasteiger partial charge on any atom is 0.260 e. The summed E-state index contributed by atoms with van der Waals surface area (Å²) in [6, 6.07) is 10.4. The minimum atomic E-state index is -0.565. The van der Waals surface area contributed by atoms with E-state index in [2.05, 4.69) is 5.32 Å². The molecular formula is C22H20ClN3O4. The van der Waals surface area contributed by atoms with Crippen LogP contribution in [0, 0.1) is 0 Å². The summed E-state index contributed by atoms with van der Waals surface area (Å²) in [6.07, 6.45) is 0. The first-order valence-electron chi connectivity index (χ1n) is 9.75. The van der Waals surface area contributed by atoms with Crippen molar-refractivity contribution in [2.75, 3.05) is 31.6 Å². The van der Waals surface area contributed by atoms with Gasteiger partial charge in [-0.1, -0.05) is 23.7 Å². The summed E-state index contributed by atoms with van der Waals surface area (Å²) in [4.78, 5) is 27.1. The average Bonchev–Trinajstić information content (AvgIpc) is 3.28. The van der Waals surface area contributed by atoms with Crippen LogP contribution in [0.4, 0.5) is 5.69 Å². The highest BCUT2D eigenvalue weighted by molar-refractivity contribution is 6.38. The van der Waals surface area contributed by atoms with Gasteiger partial charge in [0.25, 0.3) is 5.91 Å². The van der Waals surface area contributed by atoms with Gasteiger partial charge in [0.15, 0.2) is 0 Å². The van der Waals surface area contributed by atoms with Crippen molar-refractivity contribution < 1.29 is 19.1 Å². The van der Waals surface area contributed by atoms with Gasteiger partial charge in [0.2, 0.25) is 5.91 Å². The highest BCUT2D eigenvalue weighted by atomic mass is 35.5. The Morgan fingerprint density at radius 1 is 1.13 bits per heavy atom. The van der Waals surface area contributed by atoms with E-state index in [0.29, 0.717) is 60.5 Å². The summed E-state index contributed by atoms with van der Waals surface area (Å²) in [5.41, 5.74) is 10.1. The third-order valence-electron chi connectivity index (χ3n) is 5.70. The van der Waals surface area contributed by atoms with Crippen molar-refractivity contribution in [3.8, 4) is 0 Å². The van der Waals surface area contributed by atoms with E-state index in [4.69, 9.17) is 26.8 Å². The number of carbonyl (C=O) groups is 2. The van der Waals surface area contributed by atoms with E-state index in [0.717, 1.165) is 16.7 Å². The molecule has 0 aliphatic carbocycles. The molecule has 0 aromatic heterocycles. The fourth-order valence-electron chi connectivity index (χ4n) is 4.29. The topological polar surface area (TPSA) is 93.9 Å². The lowest BCUT2D eigenvalue weighted by atomic mass is 9.95. The summed E-state index contributed by atoms with van der Waals surface area (Å²) < 4.78 is 11.3. The zero-order valence-electron chi connectivity index (χ0n) is 16.1. The molecule has 3 heterocycles. The minimum absolute atomic E-state index is 0.236. The van der Waals surface area contributed by atoms with Gasteiger partial charge in [0.05, 0.1) is 18.8 Å². The summed E-state index contributed by atoms with van der Waals surface area (Å²) in [7, 11) is 0. The Morgan fingerprint density at radius 3 is 2.70 bits per heavy atom. The van der Waals surface area contributed by atoms with Crippen LogP contribution in [0.15, 0.2) is 36.4 Å². The van der Waals surface area contributed by atoms with Crippen molar-refractivity contribution in [3.05, 3.63) is 63.7 Å². The SMILES string of the molecule is NC(=O)C(c1ccc2c(c1)C(=C1C(=O)Nc3ccc(Cl)cc31)OC2)N1CCOCC1. The number of nitrogens with zero attached hydrogens (tertiary/aromatic N) is 1. The van der Waals surface area contributed by atoms with Crippen LogP contribution < -0.4 is 11.1 Å². The molecule has 1 saturated heterocycles. The van der Waals surface area contributed by atoms with Gasteiger partial charge in [-0.15, -0.1) is 0 Å². The molecule has 0 spiro atoms. The highest BCUT2D eigenvalue weighted by Gasteiger charge is 2.34. The number of benzene rings is 2. The molecule has 1 unspecified atom stereocenters. The fraction of sp³-hybridized carbons (Fsp3) is 0.273. The Bertz CT molecular complexity index is 1090. The van der Waals surface area contributed by atoms with Gasteiger partial charge in [0.1, 0.15) is 18.4 Å². The third-order valence-corrected chi connectivity index (χ3v) is 5.93. The van der Waals surface area contributed by atoms with Gasteiger partial charge >= 0.3 is 0 Å². The normalized spacial score (nSPS) is 21.6. The van der Waals surface area contributed by atoms with Crippen LogP contribution in [0.2, 0.25) is 5.02 Å². The van der Waals surface area contributed by atoms with Gasteiger partial charge in [-0.05, 0) is 29.8 Å². The number of morpholine rings is 1. The van der Waals surface area contributed by atoms with Crippen LogP contribution in [-0.4, -0.2) is 43.0 Å². The third kappa shape index (κ3) is 3.15. The van der Waals surface area contributed by atoms with Gasteiger partial charge < -0.3 is 20.5 Å². The molecule has 1 fully saturated rings. The lowest BCUT2D eigenvalue weighted by Gasteiger charge is -2.32. The molecule has 8 heteroatoms. The number of hydrogen-bond acceptors (Lipinski definition) is 5. The molecule has 2 amide bonds. The van der Waals surface area contributed by atoms with Gasteiger partial charge in [-0.2, -0.15) is 0 Å². The lowest BCUT2D eigenvalue weighted by Crippen LogP contribution is -2.44. The summed E-state index contributed by atoms with van der Waals surface area (Å²) in [5, 5.41) is 3.40. The Hall–Kier alpha value is -2.87. The molecule has 3 aliphatic rings. The molecule has 3 aliphatic heterocycles. The van der Waals surface area contributed by atoms with Crippen molar-refractivity contribution in [2.24, 2.45) is 5.73 Å². The van der Waals surface area contributed by atoms with Gasteiger partial charge in [-0.3, -0.25) is 14.5 Å². The van der Waals surface area contributed by atoms with E-state index in [-0.39, 0.29) is 5.91 Å². The van der Waals surface area contributed by atoms with Crippen molar-refractivity contribution in [2.45, 2.75) is 12.6 Å². The number of amides is 2. The molecule has 2 aromatic rings. The standard InChI is InChI=1S/C22H20ClN3O4/c23-14-3-4-17-16(10-14)18(22(28)25-17)20-15-9-12(1-2-13(15)11-30-20)19(21(24)27)26-5-7-29-8-6-26/h1-4,9-10,19H,5-8,11H2,(H2,24,27)(H,25,28). The zero-order chi connectivity index (χ0) is 20.8. The average molecular weight is 426 g/mol. The monoisotopic (exact) mass is 425 g/mol.